The average Bonchev–Trinajstić information content (AvgIpc) is 3.02. The number of hydrogen-bond donors (Lipinski definition) is 2. The van der Waals surface area contributed by atoms with Crippen molar-refractivity contribution in [1.82, 2.24) is 15.2 Å². The summed E-state index contributed by atoms with van der Waals surface area (Å²) >= 11 is 0. The van der Waals surface area contributed by atoms with E-state index in [0.717, 1.165) is 24.2 Å². The van der Waals surface area contributed by atoms with E-state index in [0.29, 0.717) is 13.1 Å². The molecule has 2 heterocycles. The summed E-state index contributed by atoms with van der Waals surface area (Å²) in [6, 6.07) is 18.6. The van der Waals surface area contributed by atoms with Gasteiger partial charge in [-0.2, -0.15) is 0 Å². The van der Waals surface area contributed by atoms with Crippen molar-refractivity contribution >= 4 is 16.9 Å². The highest BCUT2D eigenvalue weighted by Gasteiger charge is 2.20. The molecule has 0 saturated carbocycles. The lowest BCUT2D eigenvalue weighted by molar-refractivity contribution is 0.192. The van der Waals surface area contributed by atoms with Crippen LogP contribution in [-0.4, -0.2) is 22.5 Å². The molecule has 2 N–H and O–H groups in total. The molecule has 0 unspecified atom stereocenters. The number of fused-ring (bicyclic) bond motifs is 2. The summed E-state index contributed by atoms with van der Waals surface area (Å²) in [7, 11) is 0. The largest absolute Gasteiger partial charge is 0.357 e. The number of urea groups is 1. The van der Waals surface area contributed by atoms with Crippen LogP contribution in [-0.2, 0) is 19.5 Å². The molecular formula is C19H19N3O. The second kappa shape index (κ2) is 5.80. The Morgan fingerprint density at radius 3 is 2.74 bits per heavy atom. The van der Waals surface area contributed by atoms with Crippen molar-refractivity contribution in [3.63, 3.8) is 0 Å². The van der Waals surface area contributed by atoms with Crippen LogP contribution in [0.3, 0.4) is 0 Å². The second-order valence-corrected chi connectivity index (χ2v) is 5.98. The van der Waals surface area contributed by atoms with Gasteiger partial charge >= 0.3 is 6.03 Å². The molecule has 0 fully saturated rings. The number of aromatic nitrogens is 1. The molecule has 0 bridgehead atoms. The molecule has 4 rings (SSSR count). The zero-order valence-electron chi connectivity index (χ0n) is 12.9. The monoisotopic (exact) mass is 305 g/mol. The third kappa shape index (κ3) is 2.80. The number of para-hydroxylation sites is 1. The van der Waals surface area contributed by atoms with E-state index < -0.39 is 0 Å². The first-order valence-electron chi connectivity index (χ1n) is 7.96. The number of nitrogens with zero attached hydrogens (tertiary/aromatic N) is 1. The molecule has 1 aromatic heterocycles. The van der Waals surface area contributed by atoms with Gasteiger partial charge in [0.2, 0.25) is 0 Å². The van der Waals surface area contributed by atoms with E-state index >= 15 is 0 Å². The Balaban J connectivity index is 1.40. The fraction of sp³-hybridized carbons (Fsp3) is 0.211. The lowest BCUT2D eigenvalue weighted by Gasteiger charge is -2.28. The summed E-state index contributed by atoms with van der Waals surface area (Å²) in [5.41, 5.74) is 4.73. The van der Waals surface area contributed by atoms with Crippen molar-refractivity contribution in [2.45, 2.75) is 19.5 Å². The summed E-state index contributed by atoms with van der Waals surface area (Å²) in [6.07, 6.45) is 0.927. The van der Waals surface area contributed by atoms with Crippen LogP contribution >= 0.6 is 0 Å². The highest BCUT2D eigenvalue weighted by molar-refractivity contribution is 5.80. The van der Waals surface area contributed by atoms with Crippen LogP contribution in [0, 0.1) is 0 Å². The highest BCUT2D eigenvalue weighted by atomic mass is 16.2. The van der Waals surface area contributed by atoms with E-state index in [9.17, 15) is 4.79 Å². The van der Waals surface area contributed by atoms with E-state index in [2.05, 4.69) is 40.6 Å². The van der Waals surface area contributed by atoms with Gasteiger partial charge in [0.1, 0.15) is 0 Å². The first-order valence-corrected chi connectivity index (χ1v) is 7.96. The summed E-state index contributed by atoms with van der Waals surface area (Å²) in [5, 5.41) is 4.19. The van der Waals surface area contributed by atoms with Gasteiger partial charge in [-0.3, -0.25) is 0 Å². The van der Waals surface area contributed by atoms with Crippen molar-refractivity contribution in [1.29, 1.82) is 0 Å². The predicted molar refractivity (Wildman–Crippen MR) is 91.1 cm³/mol. The minimum absolute atomic E-state index is 0.00170. The first kappa shape index (κ1) is 13.9. The standard InChI is InChI=1S/C19H19N3O/c23-19(22-10-9-14-5-1-2-7-16(14)13-22)20-12-17-11-15-6-3-4-8-18(15)21-17/h1-8,11,21H,9-10,12-13H2,(H,20,23). The van der Waals surface area contributed by atoms with Gasteiger partial charge in [-0.15, -0.1) is 0 Å². The molecule has 4 heteroatoms. The van der Waals surface area contributed by atoms with Gasteiger partial charge in [-0.1, -0.05) is 42.5 Å². The number of aromatic amines is 1. The number of rotatable bonds is 2. The number of carbonyl (C=O) groups excluding carboxylic acids is 1. The Kier molecular flexibility index (Phi) is 3.50. The van der Waals surface area contributed by atoms with Crippen LogP contribution in [0.15, 0.2) is 54.6 Å². The molecule has 2 amide bonds. The normalized spacial score (nSPS) is 13.8. The van der Waals surface area contributed by atoms with Gasteiger partial charge in [0.15, 0.2) is 0 Å². The quantitative estimate of drug-likeness (QED) is 0.748. The fourth-order valence-corrected chi connectivity index (χ4v) is 3.18. The fourth-order valence-electron chi connectivity index (χ4n) is 3.18. The number of carbonyl (C=O) groups is 1. The van der Waals surface area contributed by atoms with Crippen LogP contribution in [0.1, 0.15) is 16.8 Å². The number of hydrogen-bond acceptors (Lipinski definition) is 1. The van der Waals surface area contributed by atoms with Gasteiger partial charge in [-0.25, -0.2) is 4.79 Å². The summed E-state index contributed by atoms with van der Waals surface area (Å²) in [5.74, 6) is 0. The molecular weight excluding hydrogens is 286 g/mol. The van der Waals surface area contributed by atoms with Crippen molar-refractivity contribution in [2.24, 2.45) is 0 Å². The van der Waals surface area contributed by atoms with Crippen LogP contribution in [0.2, 0.25) is 0 Å². The molecule has 0 aliphatic carbocycles. The van der Waals surface area contributed by atoms with E-state index in [4.69, 9.17) is 0 Å². The molecule has 0 saturated heterocycles. The lowest BCUT2D eigenvalue weighted by Crippen LogP contribution is -2.42. The van der Waals surface area contributed by atoms with Crippen molar-refractivity contribution in [3.8, 4) is 0 Å². The summed E-state index contributed by atoms with van der Waals surface area (Å²) < 4.78 is 0. The average molecular weight is 305 g/mol. The molecule has 0 atom stereocenters. The summed E-state index contributed by atoms with van der Waals surface area (Å²) in [4.78, 5) is 17.6. The van der Waals surface area contributed by atoms with Crippen molar-refractivity contribution in [3.05, 3.63) is 71.4 Å². The molecule has 0 radical (unpaired) electrons. The Morgan fingerprint density at radius 1 is 1.09 bits per heavy atom. The smallest absolute Gasteiger partial charge is 0.318 e. The Bertz CT molecular complexity index is 819. The van der Waals surface area contributed by atoms with Gasteiger partial charge in [-0.05, 0) is 35.1 Å². The SMILES string of the molecule is O=C(NCc1cc2ccccc2[nH]1)N1CCc2ccccc2C1. The number of amides is 2. The third-order valence-electron chi connectivity index (χ3n) is 4.43. The minimum atomic E-state index is -0.00170. The molecule has 116 valence electrons. The van der Waals surface area contributed by atoms with Crippen LogP contribution < -0.4 is 5.32 Å². The van der Waals surface area contributed by atoms with E-state index in [1.807, 2.05) is 29.2 Å². The maximum atomic E-state index is 12.4. The minimum Gasteiger partial charge on any atom is -0.357 e. The zero-order chi connectivity index (χ0) is 15.6. The van der Waals surface area contributed by atoms with Crippen LogP contribution in [0.4, 0.5) is 4.79 Å². The predicted octanol–water partition coefficient (Wildman–Crippen LogP) is 3.44. The van der Waals surface area contributed by atoms with Crippen LogP contribution in [0.25, 0.3) is 10.9 Å². The van der Waals surface area contributed by atoms with Gasteiger partial charge in [0.05, 0.1) is 6.54 Å². The third-order valence-corrected chi connectivity index (χ3v) is 4.43. The van der Waals surface area contributed by atoms with Gasteiger partial charge in [0.25, 0.3) is 0 Å². The highest BCUT2D eigenvalue weighted by Crippen LogP contribution is 2.19. The summed E-state index contributed by atoms with van der Waals surface area (Å²) in [6.45, 7) is 1.98. The number of H-pyrrole nitrogens is 1. The Morgan fingerprint density at radius 2 is 1.87 bits per heavy atom. The lowest BCUT2D eigenvalue weighted by atomic mass is 10.0. The number of nitrogens with one attached hydrogen (secondary N) is 2. The molecule has 2 aromatic carbocycles. The van der Waals surface area contributed by atoms with Crippen molar-refractivity contribution < 1.29 is 4.79 Å². The zero-order valence-corrected chi connectivity index (χ0v) is 12.9. The van der Waals surface area contributed by atoms with Gasteiger partial charge < -0.3 is 15.2 Å². The Hall–Kier alpha value is -2.75. The topological polar surface area (TPSA) is 48.1 Å². The molecule has 0 spiro atoms. The maximum Gasteiger partial charge on any atom is 0.318 e. The molecule has 3 aromatic rings. The maximum absolute atomic E-state index is 12.4. The van der Waals surface area contributed by atoms with Gasteiger partial charge in [0, 0.05) is 24.3 Å². The first-order chi connectivity index (χ1) is 11.3. The van der Waals surface area contributed by atoms with E-state index in [1.54, 1.807) is 0 Å². The van der Waals surface area contributed by atoms with E-state index in [1.165, 1.54) is 16.5 Å². The molecule has 23 heavy (non-hydrogen) atoms. The molecule has 1 aliphatic heterocycles. The molecule has 1 aliphatic rings. The number of benzene rings is 2. The second-order valence-electron chi connectivity index (χ2n) is 5.98. The Labute approximate surface area is 135 Å². The van der Waals surface area contributed by atoms with Crippen LogP contribution in [0.5, 0.6) is 0 Å². The van der Waals surface area contributed by atoms with Crippen molar-refractivity contribution in [2.75, 3.05) is 6.54 Å². The molecule has 4 nitrogen and oxygen atoms in total. The van der Waals surface area contributed by atoms with E-state index in [-0.39, 0.29) is 6.03 Å².